The Hall–Kier alpha value is -2.47. The van der Waals surface area contributed by atoms with Gasteiger partial charge in [-0.2, -0.15) is 0 Å². The number of hydrogen-bond donors (Lipinski definition) is 0. The van der Waals surface area contributed by atoms with Gasteiger partial charge in [-0.25, -0.2) is 8.78 Å². The molecule has 0 aliphatic carbocycles. The van der Waals surface area contributed by atoms with E-state index in [2.05, 4.69) is 24.0 Å². The van der Waals surface area contributed by atoms with Crippen molar-refractivity contribution in [3.63, 3.8) is 0 Å². The molecule has 2 aliphatic heterocycles. The summed E-state index contributed by atoms with van der Waals surface area (Å²) in [4.78, 5) is 16.8. The molecule has 148 valence electrons. The predicted octanol–water partition coefficient (Wildman–Crippen LogP) is 3.63. The summed E-state index contributed by atoms with van der Waals surface area (Å²) in [6, 6.07) is 9.30. The lowest BCUT2D eigenvalue weighted by Crippen LogP contribution is -2.58. The molecule has 0 N–H and O–H groups in total. The van der Waals surface area contributed by atoms with E-state index >= 15 is 0 Å². The van der Waals surface area contributed by atoms with Crippen LogP contribution >= 0.6 is 0 Å². The first-order valence-electron chi connectivity index (χ1n) is 9.68. The fourth-order valence-corrected chi connectivity index (χ4v) is 4.11. The fraction of sp³-hybridized carbons (Fsp3) is 0.409. The van der Waals surface area contributed by atoms with E-state index in [0.29, 0.717) is 13.1 Å². The van der Waals surface area contributed by atoms with Gasteiger partial charge in [0, 0.05) is 38.1 Å². The van der Waals surface area contributed by atoms with Crippen LogP contribution in [-0.2, 0) is 13.0 Å². The van der Waals surface area contributed by atoms with Crippen molar-refractivity contribution < 1.29 is 18.3 Å². The van der Waals surface area contributed by atoms with Crippen LogP contribution in [0.1, 0.15) is 35.3 Å². The normalized spacial score (nSPS) is 22.1. The number of carbonyl (C=O) groups is 1. The zero-order chi connectivity index (χ0) is 19.8. The molecule has 0 unspecified atom stereocenters. The molecule has 2 atom stereocenters. The minimum absolute atomic E-state index is 0.0961. The third-order valence-corrected chi connectivity index (χ3v) is 5.95. The van der Waals surface area contributed by atoms with E-state index < -0.39 is 17.5 Å². The zero-order valence-electron chi connectivity index (χ0n) is 16.1. The van der Waals surface area contributed by atoms with Crippen molar-refractivity contribution in [1.82, 2.24) is 9.80 Å². The van der Waals surface area contributed by atoms with Crippen LogP contribution in [0.15, 0.2) is 36.4 Å². The van der Waals surface area contributed by atoms with Crippen LogP contribution in [0.2, 0.25) is 0 Å². The molecule has 1 fully saturated rings. The quantitative estimate of drug-likeness (QED) is 0.808. The highest BCUT2D eigenvalue weighted by molar-refractivity contribution is 5.94. The van der Waals surface area contributed by atoms with Gasteiger partial charge in [0.05, 0.1) is 12.2 Å². The van der Waals surface area contributed by atoms with Gasteiger partial charge in [0.2, 0.25) is 0 Å². The number of rotatable bonds is 3. The number of piperazine rings is 1. The van der Waals surface area contributed by atoms with Crippen molar-refractivity contribution in [2.24, 2.45) is 0 Å². The van der Waals surface area contributed by atoms with E-state index in [9.17, 15) is 13.6 Å². The van der Waals surface area contributed by atoms with Crippen LogP contribution in [0.25, 0.3) is 0 Å². The largest absolute Gasteiger partial charge is 0.493 e. The molecule has 1 amide bonds. The number of halogens is 2. The smallest absolute Gasteiger partial charge is 0.257 e. The van der Waals surface area contributed by atoms with Crippen LogP contribution in [0.5, 0.6) is 5.75 Å². The maximum atomic E-state index is 14.0. The minimum Gasteiger partial charge on any atom is -0.493 e. The van der Waals surface area contributed by atoms with Gasteiger partial charge in [0.15, 0.2) is 0 Å². The number of benzene rings is 2. The van der Waals surface area contributed by atoms with Gasteiger partial charge in [-0.1, -0.05) is 12.1 Å². The van der Waals surface area contributed by atoms with Crippen molar-refractivity contribution in [1.29, 1.82) is 0 Å². The average molecular weight is 386 g/mol. The number of nitrogens with zero attached hydrogens (tertiary/aromatic N) is 2. The second kappa shape index (κ2) is 7.51. The van der Waals surface area contributed by atoms with Gasteiger partial charge >= 0.3 is 0 Å². The number of ether oxygens (including phenoxy) is 1. The van der Waals surface area contributed by atoms with Crippen molar-refractivity contribution in [2.45, 2.75) is 38.9 Å². The molecular formula is C22H24F2N2O2. The monoisotopic (exact) mass is 386 g/mol. The Balaban J connectivity index is 1.47. The lowest BCUT2D eigenvalue weighted by atomic mass is 10.0. The summed E-state index contributed by atoms with van der Waals surface area (Å²) in [6.07, 6.45) is 0.941. The van der Waals surface area contributed by atoms with Crippen LogP contribution in [0.3, 0.4) is 0 Å². The maximum absolute atomic E-state index is 14.0. The second-order valence-corrected chi connectivity index (χ2v) is 7.61. The molecule has 6 heteroatoms. The molecule has 2 heterocycles. The summed E-state index contributed by atoms with van der Waals surface area (Å²) in [6.45, 7) is 6.72. The van der Waals surface area contributed by atoms with Crippen LogP contribution in [-0.4, -0.2) is 47.5 Å². The highest BCUT2D eigenvalue weighted by Gasteiger charge is 2.34. The van der Waals surface area contributed by atoms with Gasteiger partial charge in [-0.15, -0.1) is 0 Å². The summed E-state index contributed by atoms with van der Waals surface area (Å²) in [5.74, 6) is -0.776. The van der Waals surface area contributed by atoms with Gasteiger partial charge in [0.25, 0.3) is 5.91 Å². The Bertz CT molecular complexity index is 902. The first-order valence-corrected chi connectivity index (χ1v) is 9.68. The Morgan fingerprint density at radius 3 is 2.75 bits per heavy atom. The molecule has 0 saturated carbocycles. The molecule has 1 saturated heterocycles. The molecule has 0 aromatic heterocycles. The summed E-state index contributed by atoms with van der Waals surface area (Å²) in [7, 11) is 0. The summed E-state index contributed by atoms with van der Waals surface area (Å²) in [5.41, 5.74) is 2.26. The van der Waals surface area contributed by atoms with Gasteiger partial charge in [-0.3, -0.25) is 9.69 Å². The molecule has 4 nitrogen and oxygen atoms in total. The van der Waals surface area contributed by atoms with Crippen molar-refractivity contribution in [2.75, 3.05) is 19.7 Å². The molecular weight excluding hydrogens is 362 g/mol. The molecule has 0 spiro atoms. The SMILES string of the molecule is C[C@@H]1[C@@H](C)N(C(=O)c2cc(F)ccc2F)CCN1Cc1ccc2c(c1)CCO2. The molecule has 0 bridgehead atoms. The minimum atomic E-state index is -0.686. The number of amides is 1. The molecule has 2 aromatic carbocycles. The summed E-state index contributed by atoms with van der Waals surface area (Å²) < 4.78 is 33.1. The lowest BCUT2D eigenvalue weighted by molar-refractivity contribution is 0.0247. The Labute approximate surface area is 163 Å². The summed E-state index contributed by atoms with van der Waals surface area (Å²) in [5, 5.41) is 0. The maximum Gasteiger partial charge on any atom is 0.257 e. The highest BCUT2D eigenvalue weighted by atomic mass is 19.1. The standard InChI is InChI=1S/C22H24F2N2O2/c1-14-15(2)26(22(27)19-12-18(23)4-5-20(19)24)9-8-25(14)13-16-3-6-21-17(11-16)7-10-28-21/h3-6,11-12,14-15H,7-10,13H2,1-2H3/t14-,15-/m1/s1. The highest BCUT2D eigenvalue weighted by Crippen LogP contribution is 2.28. The van der Waals surface area contributed by atoms with Crippen molar-refractivity contribution in [3.8, 4) is 5.75 Å². The predicted molar refractivity (Wildman–Crippen MR) is 102 cm³/mol. The summed E-state index contributed by atoms with van der Waals surface area (Å²) >= 11 is 0. The first-order chi connectivity index (χ1) is 13.4. The van der Waals surface area contributed by atoms with Gasteiger partial charge < -0.3 is 9.64 Å². The topological polar surface area (TPSA) is 32.8 Å². The first kappa shape index (κ1) is 18.9. The van der Waals surface area contributed by atoms with Crippen LogP contribution in [0, 0.1) is 11.6 Å². The zero-order valence-corrected chi connectivity index (χ0v) is 16.1. The van der Waals surface area contributed by atoms with E-state index in [1.165, 1.54) is 11.1 Å². The van der Waals surface area contributed by atoms with E-state index in [-0.39, 0.29) is 17.6 Å². The van der Waals surface area contributed by atoms with Crippen LogP contribution < -0.4 is 4.74 Å². The Morgan fingerprint density at radius 1 is 1.11 bits per heavy atom. The van der Waals surface area contributed by atoms with Gasteiger partial charge in [-0.05, 0) is 49.2 Å². The Kier molecular flexibility index (Phi) is 5.06. The van der Waals surface area contributed by atoms with E-state index in [4.69, 9.17) is 4.74 Å². The number of carbonyl (C=O) groups excluding carboxylic acids is 1. The molecule has 0 radical (unpaired) electrons. The molecule has 2 aliphatic rings. The fourth-order valence-electron chi connectivity index (χ4n) is 4.11. The van der Waals surface area contributed by atoms with Gasteiger partial charge in [0.1, 0.15) is 17.4 Å². The van der Waals surface area contributed by atoms with E-state index in [1.54, 1.807) is 4.90 Å². The van der Waals surface area contributed by atoms with Crippen LogP contribution in [0.4, 0.5) is 8.78 Å². The Morgan fingerprint density at radius 2 is 1.93 bits per heavy atom. The van der Waals surface area contributed by atoms with E-state index in [1.807, 2.05) is 13.0 Å². The van der Waals surface area contributed by atoms with Crippen molar-refractivity contribution in [3.05, 3.63) is 64.7 Å². The molecule has 2 aromatic rings. The number of fused-ring (bicyclic) bond motifs is 1. The third kappa shape index (κ3) is 3.49. The van der Waals surface area contributed by atoms with E-state index in [0.717, 1.165) is 43.5 Å². The third-order valence-electron chi connectivity index (χ3n) is 5.95. The average Bonchev–Trinajstić information content (AvgIpc) is 3.15. The molecule has 28 heavy (non-hydrogen) atoms. The molecule has 4 rings (SSSR count). The second-order valence-electron chi connectivity index (χ2n) is 7.61. The lowest BCUT2D eigenvalue weighted by Gasteiger charge is -2.45. The van der Waals surface area contributed by atoms with Crippen molar-refractivity contribution >= 4 is 5.91 Å². The number of hydrogen-bond acceptors (Lipinski definition) is 3.